The third kappa shape index (κ3) is 6.15. The smallest absolute Gasteiger partial charge is 0.374 e. The molecule has 0 radical (unpaired) electrons. The molecule has 1 aromatic heterocycles. The molecule has 3 rings (SSSR count). The topological polar surface area (TPSA) is 102 Å². The number of amides is 1. The maximum absolute atomic E-state index is 12.1. The van der Waals surface area contributed by atoms with Gasteiger partial charge in [0.15, 0.2) is 6.61 Å². The van der Waals surface area contributed by atoms with Gasteiger partial charge in [0.1, 0.15) is 18.1 Å². The summed E-state index contributed by atoms with van der Waals surface area (Å²) in [7, 11) is 0. The van der Waals surface area contributed by atoms with Gasteiger partial charge in [-0.25, -0.2) is 4.79 Å². The van der Waals surface area contributed by atoms with Crippen LogP contribution in [0.5, 0.6) is 5.75 Å². The van der Waals surface area contributed by atoms with E-state index in [9.17, 15) is 9.59 Å². The molecule has 1 heterocycles. The van der Waals surface area contributed by atoms with Crippen LogP contribution in [-0.4, -0.2) is 24.2 Å². The molecular formula is C22H18N2O5S. The first-order chi connectivity index (χ1) is 14.7. The van der Waals surface area contributed by atoms with Crippen LogP contribution >= 0.6 is 11.8 Å². The lowest BCUT2D eigenvalue weighted by molar-refractivity contribution is -0.119. The van der Waals surface area contributed by atoms with E-state index in [0.717, 1.165) is 4.90 Å². The van der Waals surface area contributed by atoms with Crippen LogP contribution in [0.15, 0.2) is 76.0 Å². The summed E-state index contributed by atoms with van der Waals surface area (Å²) in [4.78, 5) is 25.0. The lowest BCUT2D eigenvalue weighted by Gasteiger charge is -2.09. The summed E-state index contributed by atoms with van der Waals surface area (Å²) in [6, 6.07) is 21.4. The number of nitrogens with one attached hydrogen (secondary N) is 1. The quantitative estimate of drug-likeness (QED) is 0.406. The van der Waals surface area contributed by atoms with Gasteiger partial charge >= 0.3 is 5.97 Å². The number of ether oxygens (including phenoxy) is 2. The Kier molecular flexibility index (Phi) is 7.52. The number of esters is 1. The molecule has 3 aromatic rings. The van der Waals surface area contributed by atoms with Crippen molar-refractivity contribution in [1.29, 1.82) is 5.26 Å². The number of carbonyl (C=O) groups excluding carboxylic acids is 2. The Bertz CT molecular complexity index is 1040. The number of anilines is 1. The van der Waals surface area contributed by atoms with Crippen LogP contribution in [0.3, 0.4) is 0 Å². The third-order valence-corrected chi connectivity index (χ3v) is 4.72. The van der Waals surface area contributed by atoms with E-state index in [0.29, 0.717) is 17.2 Å². The summed E-state index contributed by atoms with van der Waals surface area (Å²) < 4.78 is 16.0. The normalized spacial score (nSPS) is 10.1. The number of para-hydroxylation sites is 2. The maximum atomic E-state index is 12.1. The van der Waals surface area contributed by atoms with Crippen molar-refractivity contribution in [3.63, 3.8) is 0 Å². The van der Waals surface area contributed by atoms with Crippen molar-refractivity contribution in [3.05, 3.63) is 78.3 Å². The highest BCUT2D eigenvalue weighted by Gasteiger charge is 2.15. The van der Waals surface area contributed by atoms with Crippen molar-refractivity contribution in [2.45, 2.75) is 11.5 Å². The van der Waals surface area contributed by atoms with Gasteiger partial charge in [0.25, 0.3) is 5.91 Å². The molecule has 1 amide bonds. The second-order valence-electron chi connectivity index (χ2n) is 5.93. The van der Waals surface area contributed by atoms with Crippen LogP contribution in [0, 0.1) is 11.3 Å². The predicted octanol–water partition coefficient (Wildman–Crippen LogP) is 4.27. The Labute approximate surface area is 177 Å². The molecule has 0 unspecified atom stereocenters. The second-order valence-corrected chi connectivity index (χ2v) is 6.95. The predicted molar refractivity (Wildman–Crippen MR) is 111 cm³/mol. The molecule has 30 heavy (non-hydrogen) atoms. The van der Waals surface area contributed by atoms with E-state index < -0.39 is 18.5 Å². The van der Waals surface area contributed by atoms with Crippen molar-refractivity contribution >= 4 is 29.3 Å². The number of carbonyl (C=O) groups is 2. The number of thioether (sulfide) groups is 1. The molecular weight excluding hydrogens is 404 g/mol. The molecule has 0 saturated carbocycles. The van der Waals surface area contributed by atoms with E-state index in [-0.39, 0.29) is 18.1 Å². The van der Waals surface area contributed by atoms with E-state index in [1.54, 1.807) is 24.3 Å². The van der Waals surface area contributed by atoms with Crippen LogP contribution in [0.2, 0.25) is 0 Å². The van der Waals surface area contributed by atoms with Gasteiger partial charge in [0.2, 0.25) is 5.76 Å². The van der Waals surface area contributed by atoms with Gasteiger partial charge in [0, 0.05) is 4.90 Å². The third-order valence-electron chi connectivity index (χ3n) is 3.77. The summed E-state index contributed by atoms with van der Waals surface area (Å²) in [6.07, 6.45) is 0. The van der Waals surface area contributed by atoms with E-state index >= 15 is 0 Å². The molecule has 0 atom stereocenters. The van der Waals surface area contributed by atoms with Gasteiger partial charge in [-0.05, 0) is 36.4 Å². The van der Waals surface area contributed by atoms with Gasteiger partial charge < -0.3 is 19.2 Å². The molecule has 0 aliphatic heterocycles. The SMILES string of the molecule is N#CCSc1ccccc1NC(=O)COC(=O)c1ccc(COc2ccccc2)o1. The summed E-state index contributed by atoms with van der Waals surface area (Å²) in [5.41, 5.74) is 0.553. The fourth-order valence-corrected chi connectivity index (χ4v) is 3.10. The van der Waals surface area contributed by atoms with Gasteiger partial charge in [-0.3, -0.25) is 4.79 Å². The number of rotatable bonds is 9. The summed E-state index contributed by atoms with van der Waals surface area (Å²) >= 11 is 1.31. The van der Waals surface area contributed by atoms with Gasteiger partial charge in [-0.1, -0.05) is 30.3 Å². The molecule has 2 aromatic carbocycles. The summed E-state index contributed by atoms with van der Waals surface area (Å²) in [5.74, 6) is 0.147. The Morgan fingerprint density at radius 1 is 1.03 bits per heavy atom. The molecule has 0 aliphatic rings. The number of furan rings is 1. The van der Waals surface area contributed by atoms with Crippen LogP contribution in [0.4, 0.5) is 5.69 Å². The first-order valence-electron chi connectivity index (χ1n) is 8.98. The standard InChI is InChI=1S/C22H18N2O5S/c23-12-13-30-20-9-5-4-8-18(20)24-21(25)15-28-22(26)19-11-10-17(29-19)14-27-16-6-2-1-3-7-16/h1-11H,13-15H2,(H,24,25). The molecule has 8 heteroatoms. The van der Waals surface area contributed by atoms with Crippen molar-refractivity contribution in [1.82, 2.24) is 0 Å². The number of nitriles is 1. The molecule has 1 N–H and O–H groups in total. The van der Waals surface area contributed by atoms with Gasteiger partial charge in [0.05, 0.1) is 17.5 Å². The number of hydrogen-bond donors (Lipinski definition) is 1. The lowest BCUT2D eigenvalue weighted by atomic mass is 10.3. The average Bonchev–Trinajstić information content (AvgIpc) is 3.25. The van der Waals surface area contributed by atoms with Gasteiger partial charge in [-0.2, -0.15) is 5.26 Å². The lowest BCUT2D eigenvalue weighted by Crippen LogP contribution is -2.21. The molecule has 7 nitrogen and oxygen atoms in total. The van der Waals surface area contributed by atoms with Crippen molar-refractivity contribution < 1.29 is 23.5 Å². The van der Waals surface area contributed by atoms with Crippen LogP contribution in [-0.2, 0) is 16.1 Å². The first-order valence-corrected chi connectivity index (χ1v) is 9.96. The molecule has 0 fully saturated rings. The summed E-state index contributed by atoms with van der Waals surface area (Å²) in [5, 5.41) is 11.4. The molecule has 152 valence electrons. The first kappa shape index (κ1) is 21.0. The van der Waals surface area contributed by atoms with Crippen molar-refractivity contribution in [3.8, 4) is 11.8 Å². The van der Waals surface area contributed by atoms with Crippen molar-refractivity contribution in [2.75, 3.05) is 17.7 Å². The monoisotopic (exact) mass is 422 g/mol. The fraction of sp³-hybridized carbons (Fsp3) is 0.136. The highest BCUT2D eigenvalue weighted by molar-refractivity contribution is 7.99. The van der Waals surface area contributed by atoms with Crippen LogP contribution < -0.4 is 10.1 Å². The van der Waals surface area contributed by atoms with E-state index in [4.69, 9.17) is 19.2 Å². The molecule has 0 spiro atoms. The number of nitrogens with zero attached hydrogens (tertiary/aromatic N) is 1. The summed E-state index contributed by atoms with van der Waals surface area (Å²) in [6.45, 7) is -0.304. The average molecular weight is 422 g/mol. The largest absolute Gasteiger partial charge is 0.486 e. The molecule has 0 aliphatic carbocycles. The van der Waals surface area contributed by atoms with Crippen LogP contribution in [0.25, 0.3) is 0 Å². The van der Waals surface area contributed by atoms with E-state index in [1.165, 1.54) is 17.8 Å². The zero-order valence-electron chi connectivity index (χ0n) is 15.9. The minimum atomic E-state index is -0.747. The van der Waals surface area contributed by atoms with Crippen molar-refractivity contribution in [2.24, 2.45) is 0 Å². The minimum absolute atomic E-state index is 0.0144. The minimum Gasteiger partial charge on any atom is -0.486 e. The Hall–Kier alpha value is -3.70. The second kappa shape index (κ2) is 10.7. The zero-order chi connectivity index (χ0) is 21.2. The number of benzene rings is 2. The maximum Gasteiger partial charge on any atom is 0.374 e. The Balaban J connectivity index is 1.48. The Morgan fingerprint density at radius 3 is 2.60 bits per heavy atom. The molecule has 0 saturated heterocycles. The van der Waals surface area contributed by atoms with E-state index in [2.05, 4.69) is 5.32 Å². The molecule has 0 bridgehead atoms. The highest BCUT2D eigenvalue weighted by Crippen LogP contribution is 2.26. The van der Waals surface area contributed by atoms with Crippen LogP contribution in [0.1, 0.15) is 16.3 Å². The van der Waals surface area contributed by atoms with Gasteiger partial charge in [-0.15, -0.1) is 11.8 Å². The zero-order valence-corrected chi connectivity index (χ0v) is 16.7. The Morgan fingerprint density at radius 2 is 1.80 bits per heavy atom. The number of hydrogen-bond acceptors (Lipinski definition) is 7. The van der Waals surface area contributed by atoms with E-state index in [1.807, 2.05) is 42.5 Å². The fourth-order valence-electron chi connectivity index (χ4n) is 2.43. The highest BCUT2D eigenvalue weighted by atomic mass is 32.2.